The molecule has 0 radical (unpaired) electrons. The summed E-state index contributed by atoms with van der Waals surface area (Å²) >= 11 is 0. The maximum absolute atomic E-state index is 12.6. The second-order valence-electron chi connectivity index (χ2n) is 6.79. The number of aliphatic hydroxyl groups is 1. The third kappa shape index (κ3) is 4.23. The van der Waals surface area contributed by atoms with E-state index in [9.17, 15) is 9.90 Å². The van der Waals surface area contributed by atoms with Crippen LogP contribution in [-0.2, 0) is 11.2 Å². The largest absolute Gasteiger partial charge is 0.389 e. The van der Waals surface area contributed by atoms with Gasteiger partial charge in [0.2, 0.25) is 5.91 Å². The van der Waals surface area contributed by atoms with E-state index in [4.69, 9.17) is 0 Å². The summed E-state index contributed by atoms with van der Waals surface area (Å²) < 4.78 is 1.88. The molecule has 0 saturated heterocycles. The number of aryl methyl sites for hydroxylation is 1. The van der Waals surface area contributed by atoms with E-state index >= 15 is 0 Å². The Morgan fingerprint density at radius 2 is 1.88 bits per heavy atom. The molecule has 130 valence electrons. The van der Waals surface area contributed by atoms with Gasteiger partial charge in [0.05, 0.1) is 23.4 Å². The van der Waals surface area contributed by atoms with Crippen molar-refractivity contribution in [1.82, 2.24) is 14.7 Å². The smallest absolute Gasteiger partial charge is 0.227 e. The lowest BCUT2D eigenvalue weighted by Gasteiger charge is -2.28. The molecular formula is C19H27N3O2. The maximum Gasteiger partial charge on any atom is 0.227 e. The number of carbonyl (C=O) groups excluding carboxylic acids is 1. The van der Waals surface area contributed by atoms with Crippen LogP contribution in [0, 0.1) is 13.8 Å². The predicted molar refractivity (Wildman–Crippen MR) is 95.3 cm³/mol. The summed E-state index contributed by atoms with van der Waals surface area (Å²) in [6.45, 7) is 10.2. The molecule has 0 aliphatic heterocycles. The first-order valence-corrected chi connectivity index (χ1v) is 8.33. The van der Waals surface area contributed by atoms with Crippen molar-refractivity contribution in [1.29, 1.82) is 0 Å². The second kappa shape index (κ2) is 7.18. The van der Waals surface area contributed by atoms with E-state index in [-0.39, 0.29) is 5.91 Å². The van der Waals surface area contributed by atoms with Crippen molar-refractivity contribution in [3.63, 3.8) is 0 Å². The van der Waals surface area contributed by atoms with Crippen molar-refractivity contribution >= 4 is 5.91 Å². The van der Waals surface area contributed by atoms with Crippen molar-refractivity contribution in [2.45, 2.75) is 46.6 Å². The molecule has 2 rings (SSSR count). The number of para-hydroxylation sites is 1. The number of hydrogen-bond donors (Lipinski definition) is 1. The highest BCUT2D eigenvalue weighted by molar-refractivity contribution is 5.79. The average molecular weight is 329 g/mol. The van der Waals surface area contributed by atoms with Crippen LogP contribution in [-0.4, -0.2) is 44.4 Å². The Bertz CT molecular complexity index is 699. The van der Waals surface area contributed by atoms with Crippen molar-refractivity contribution < 1.29 is 9.90 Å². The summed E-state index contributed by atoms with van der Waals surface area (Å²) in [5, 5.41) is 14.6. The molecule has 0 fully saturated rings. The van der Waals surface area contributed by atoms with Gasteiger partial charge in [0.1, 0.15) is 0 Å². The number of benzene rings is 1. The molecule has 0 atom stereocenters. The zero-order chi connectivity index (χ0) is 17.9. The fourth-order valence-corrected chi connectivity index (χ4v) is 2.86. The zero-order valence-electron chi connectivity index (χ0n) is 15.2. The van der Waals surface area contributed by atoms with Crippen molar-refractivity contribution in [3.05, 3.63) is 47.3 Å². The van der Waals surface area contributed by atoms with Gasteiger partial charge in [-0.2, -0.15) is 5.10 Å². The fourth-order valence-electron chi connectivity index (χ4n) is 2.86. The fraction of sp³-hybridized carbons (Fsp3) is 0.474. The van der Waals surface area contributed by atoms with Gasteiger partial charge in [-0.05, 0) is 46.8 Å². The number of nitrogens with zero attached hydrogens (tertiary/aromatic N) is 3. The van der Waals surface area contributed by atoms with E-state index in [1.54, 1.807) is 18.7 Å². The minimum atomic E-state index is -0.899. The normalized spacial score (nSPS) is 11.6. The lowest BCUT2D eigenvalue weighted by atomic mass is 10.1. The van der Waals surface area contributed by atoms with E-state index in [1.165, 1.54) is 0 Å². The molecule has 1 heterocycles. The van der Waals surface area contributed by atoms with Gasteiger partial charge in [0.15, 0.2) is 0 Å². The Kier molecular flexibility index (Phi) is 5.44. The van der Waals surface area contributed by atoms with Crippen LogP contribution in [0.25, 0.3) is 5.69 Å². The Labute approximate surface area is 143 Å². The standard InChI is InChI=1S/C19H27N3O2/c1-6-21(13-19(4,5)24)18(23)12-17-14(2)20-22(15(17)3)16-10-8-7-9-11-16/h7-11,24H,6,12-13H2,1-5H3. The first-order chi connectivity index (χ1) is 11.2. The minimum Gasteiger partial charge on any atom is -0.389 e. The SMILES string of the molecule is CCN(CC(C)(C)O)C(=O)Cc1c(C)nn(-c2ccccc2)c1C. The summed E-state index contributed by atoms with van der Waals surface area (Å²) in [6.07, 6.45) is 0.300. The number of amides is 1. The highest BCUT2D eigenvalue weighted by Gasteiger charge is 2.23. The molecule has 0 unspecified atom stereocenters. The van der Waals surface area contributed by atoms with Gasteiger partial charge in [-0.3, -0.25) is 4.79 Å². The summed E-state index contributed by atoms with van der Waals surface area (Å²) in [4.78, 5) is 14.3. The molecule has 1 aromatic carbocycles. The van der Waals surface area contributed by atoms with E-state index in [2.05, 4.69) is 5.10 Å². The Morgan fingerprint density at radius 3 is 2.42 bits per heavy atom. The number of rotatable bonds is 6. The summed E-state index contributed by atoms with van der Waals surface area (Å²) in [5.41, 5.74) is 2.89. The summed E-state index contributed by atoms with van der Waals surface area (Å²) in [5.74, 6) is 0.0124. The highest BCUT2D eigenvalue weighted by Crippen LogP contribution is 2.19. The lowest BCUT2D eigenvalue weighted by molar-refractivity contribution is -0.133. The molecule has 2 aromatic rings. The Hall–Kier alpha value is -2.14. The van der Waals surface area contributed by atoms with E-state index in [0.717, 1.165) is 22.6 Å². The first kappa shape index (κ1) is 18.2. The van der Waals surface area contributed by atoms with Crippen molar-refractivity contribution in [2.75, 3.05) is 13.1 Å². The van der Waals surface area contributed by atoms with Gasteiger partial charge < -0.3 is 10.0 Å². The summed E-state index contributed by atoms with van der Waals surface area (Å²) in [7, 11) is 0. The molecular weight excluding hydrogens is 302 g/mol. The van der Waals surface area contributed by atoms with E-state index < -0.39 is 5.60 Å². The minimum absolute atomic E-state index is 0.0124. The van der Waals surface area contributed by atoms with Crippen LogP contribution in [0.15, 0.2) is 30.3 Å². The molecule has 5 heteroatoms. The number of aromatic nitrogens is 2. The molecule has 1 aromatic heterocycles. The van der Waals surface area contributed by atoms with Gasteiger partial charge in [0.25, 0.3) is 0 Å². The van der Waals surface area contributed by atoms with Crippen LogP contribution >= 0.6 is 0 Å². The molecule has 0 saturated carbocycles. The molecule has 0 aliphatic carbocycles. The maximum atomic E-state index is 12.6. The van der Waals surface area contributed by atoms with Crippen molar-refractivity contribution in [2.24, 2.45) is 0 Å². The summed E-state index contributed by atoms with van der Waals surface area (Å²) in [6, 6.07) is 9.91. The molecule has 1 N–H and O–H groups in total. The molecule has 0 aliphatic rings. The molecule has 1 amide bonds. The Morgan fingerprint density at radius 1 is 1.25 bits per heavy atom. The van der Waals surface area contributed by atoms with Gasteiger partial charge in [-0.25, -0.2) is 4.68 Å². The monoisotopic (exact) mass is 329 g/mol. The van der Waals surface area contributed by atoms with Crippen LogP contribution in [0.1, 0.15) is 37.7 Å². The van der Waals surface area contributed by atoms with Crippen LogP contribution in [0.2, 0.25) is 0 Å². The lowest BCUT2D eigenvalue weighted by Crippen LogP contribution is -2.42. The Balaban J connectivity index is 2.24. The molecule has 24 heavy (non-hydrogen) atoms. The third-order valence-electron chi connectivity index (χ3n) is 4.08. The van der Waals surface area contributed by atoms with Crippen LogP contribution in [0.4, 0.5) is 0 Å². The quantitative estimate of drug-likeness (QED) is 0.886. The van der Waals surface area contributed by atoms with Crippen LogP contribution in [0.5, 0.6) is 0 Å². The van der Waals surface area contributed by atoms with Gasteiger partial charge in [-0.15, -0.1) is 0 Å². The number of carbonyl (C=O) groups is 1. The first-order valence-electron chi connectivity index (χ1n) is 8.33. The van der Waals surface area contributed by atoms with Gasteiger partial charge in [0, 0.05) is 24.3 Å². The van der Waals surface area contributed by atoms with Crippen molar-refractivity contribution in [3.8, 4) is 5.69 Å². The average Bonchev–Trinajstić information content (AvgIpc) is 2.80. The van der Waals surface area contributed by atoms with Gasteiger partial charge >= 0.3 is 0 Å². The number of likely N-dealkylation sites (N-methyl/N-ethyl adjacent to an activating group) is 1. The predicted octanol–water partition coefficient (Wildman–Crippen LogP) is 2.65. The second-order valence-corrected chi connectivity index (χ2v) is 6.79. The third-order valence-corrected chi connectivity index (χ3v) is 4.08. The number of hydrogen-bond acceptors (Lipinski definition) is 3. The van der Waals surface area contributed by atoms with E-state index in [1.807, 2.05) is 55.8 Å². The van der Waals surface area contributed by atoms with Crippen LogP contribution in [0.3, 0.4) is 0 Å². The van der Waals surface area contributed by atoms with Gasteiger partial charge in [-0.1, -0.05) is 18.2 Å². The topological polar surface area (TPSA) is 58.4 Å². The van der Waals surface area contributed by atoms with E-state index in [0.29, 0.717) is 19.5 Å². The molecule has 0 bridgehead atoms. The van der Waals surface area contributed by atoms with Crippen LogP contribution < -0.4 is 0 Å². The zero-order valence-corrected chi connectivity index (χ0v) is 15.2. The molecule has 0 spiro atoms. The highest BCUT2D eigenvalue weighted by atomic mass is 16.3. The molecule has 5 nitrogen and oxygen atoms in total.